The van der Waals surface area contributed by atoms with Gasteiger partial charge in [0.25, 0.3) is 0 Å². The lowest BCUT2D eigenvalue weighted by Gasteiger charge is -2.12. The van der Waals surface area contributed by atoms with Gasteiger partial charge in [-0.15, -0.1) is 13.2 Å². The van der Waals surface area contributed by atoms with Crippen molar-refractivity contribution in [3.63, 3.8) is 0 Å². The van der Waals surface area contributed by atoms with Crippen molar-refractivity contribution in [2.75, 3.05) is 5.33 Å². The van der Waals surface area contributed by atoms with Gasteiger partial charge < -0.3 is 4.74 Å². The van der Waals surface area contributed by atoms with E-state index in [-0.39, 0.29) is 5.75 Å². The van der Waals surface area contributed by atoms with E-state index in [0.29, 0.717) is 5.41 Å². The molecule has 2 rings (SSSR count). The first-order valence-electron chi connectivity index (χ1n) is 5.33. The van der Waals surface area contributed by atoms with Crippen LogP contribution in [0.15, 0.2) is 24.3 Å². The van der Waals surface area contributed by atoms with Crippen LogP contribution in [-0.2, 0) is 6.42 Å². The van der Waals surface area contributed by atoms with Gasteiger partial charge in [0.15, 0.2) is 0 Å². The first kappa shape index (κ1) is 12.7. The maximum absolute atomic E-state index is 11.9. The van der Waals surface area contributed by atoms with Crippen molar-refractivity contribution in [2.24, 2.45) is 5.41 Å². The molecule has 0 atom stereocenters. The second-order valence-electron chi connectivity index (χ2n) is 4.50. The average molecular weight is 309 g/mol. The van der Waals surface area contributed by atoms with Crippen molar-refractivity contribution in [2.45, 2.75) is 25.6 Å². The summed E-state index contributed by atoms with van der Waals surface area (Å²) in [6.07, 6.45) is -1.35. The number of halogens is 4. The van der Waals surface area contributed by atoms with Gasteiger partial charge in [0.1, 0.15) is 5.75 Å². The normalized spacial score (nSPS) is 17.9. The molecular weight excluding hydrogens is 297 g/mol. The van der Waals surface area contributed by atoms with Crippen molar-refractivity contribution < 1.29 is 17.9 Å². The van der Waals surface area contributed by atoms with Crippen LogP contribution in [0.4, 0.5) is 13.2 Å². The van der Waals surface area contributed by atoms with Crippen LogP contribution in [0, 0.1) is 5.41 Å². The van der Waals surface area contributed by atoms with Gasteiger partial charge in [0.05, 0.1) is 0 Å². The minimum atomic E-state index is -4.62. The van der Waals surface area contributed by atoms with Crippen molar-refractivity contribution in [3.8, 4) is 5.75 Å². The largest absolute Gasteiger partial charge is 0.573 e. The van der Waals surface area contributed by atoms with Crippen LogP contribution >= 0.6 is 15.9 Å². The number of benzene rings is 1. The molecule has 0 amide bonds. The molecule has 0 heterocycles. The second-order valence-corrected chi connectivity index (χ2v) is 5.06. The van der Waals surface area contributed by atoms with Gasteiger partial charge in [-0.3, -0.25) is 0 Å². The molecule has 94 valence electrons. The Labute approximate surface area is 106 Å². The summed E-state index contributed by atoms with van der Waals surface area (Å²) in [4.78, 5) is 0. The van der Waals surface area contributed by atoms with Crippen molar-refractivity contribution in [3.05, 3.63) is 29.8 Å². The summed E-state index contributed by atoms with van der Waals surface area (Å²) in [5.74, 6) is -0.162. The predicted molar refractivity (Wildman–Crippen MR) is 62.3 cm³/mol. The summed E-state index contributed by atoms with van der Waals surface area (Å²) < 4.78 is 39.7. The van der Waals surface area contributed by atoms with Crippen LogP contribution in [0.2, 0.25) is 0 Å². The summed E-state index contributed by atoms with van der Waals surface area (Å²) in [7, 11) is 0. The van der Waals surface area contributed by atoms with E-state index in [9.17, 15) is 13.2 Å². The molecule has 1 aliphatic rings. The lowest BCUT2D eigenvalue weighted by Crippen LogP contribution is -2.17. The highest BCUT2D eigenvalue weighted by atomic mass is 79.9. The molecule has 1 aromatic carbocycles. The molecule has 17 heavy (non-hydrogen) atoms. The van der Waals surface area contributed by atoms with E-state index in [4.69, 9.17) is 0 Å². The minimum Gasteiger partial charge on any atom is -0.406 e. The molecular formula is C12H12BrF3O. The number of rotatable bonds is 4. The zero-order chi connectivity index (χ0) is 12.5. The molecule has 1 aliphatic carbocycles. The van der Waals surface area contributed by atoms with E-state index in [1.54, 1.807) is 12.1 Å². The van der Waals surface area contributed by atoms with Crippen molar-refractivity contribution >= 4 is 15.9 Å². The Hall–Kier alpha value is -0.710. The van der Waals surface area contributed by atoms with E-state index in [1.807, 2.05) is 0 Å². The Morgan fingerprint density at radius 2 is 1.76 bits per heavy atom. The van der Waals surface area contributed by atoms with E-state index in [0.717, 1.165) is 17.3 Å². The third-order valence-corrected chi connectivity index (χ3v) is 4.17. The second kappa shape index (κ2) is 4.52. The Morgan fingerprint density at radius 1 is 1.18 bits per heavy atom. The smallest absolute Gasteiger partial charge is 0.406 e. The maximum Gasteiger partial charge on any atom is 0.573 e. The van der Waals surface area contributed by atoms with Crippen LogP contribution in [0.3, 0.4) is 0 Å². The van der Waals surface area contributed by atoms with Gasteiger partial charge in [-0.2, -0.15) is 0 Å². The first-order chi connectivity index (χ1) is 7.92. The maximum atomic E-state index is 11.9. The lowest BCUT2D eigenvalue weighted by molar-refractivity contribution is -0.274. The van der Waals surface area contributed by atoms with E-state index >= 15 is 0 Å². The highest BCUT2D eigenvalue weighted by Crippen LogP contribution is 2.49. The quantitative estimate of drug-likeness (QED) is 0.753. The summed E-state index contributed by atoms with van der Waals surface area (Å²) in [5, 5.41) is 0.945. The van der Waals surface area contributed by atoms with Crippen LogP contribution < -0.4 is 4.74 Å². The van der Waals surface area contributed by atoms with Crippen LogP contribution in [-0.4, -0.2) is 11.7 Å². The van der Waals surface area contributed by atoms with Crippen molar-refractivity contribution in [1.82, 2.24) is 0 Å². The summed E-state index contributed by atoms with van der Waals surface area (Å²) >= 11 is 3.47. The molecule has 0 radical (unpaired) electrons. The van der Waals surface area contributed by atoms with Crippen LogP contribution in [0.25, 0.3) is 0 Å². The number of alkyl halides is 4. The summed E-state index contributed by atoms with van der Waals surface area (Å²) in [5.41, 5.74) is 1.38. The van der Waals surface area contributed by atoms with E-state index in [1.165, 1.54) is 25.0 Å². The summed E-state index contributed by atoms with van der Waals surface area (Å²) in [6.45, 7) is 0. The molecule has 0 unspecified atom stereocenters. The Balaban J connectivity index is 1.98. The fourth-order valence-corrected chi connectivity index (χ4v) is 2.54. The number of ether oxygens (including phenoxy) is 1. The Bertz CT molecular complexity index is 382. The molecule has 1 nitrogen and oxygen atoms in total. The van der Waals surface area contributed by atoms with Crippen LogP contribution in [0.5, 0.6) is 5.75 Å². The molecule has 0 bridgehead atoms. The van der Waals surface area contributed by atoms with Gasteiger partial charge in [-0.1, -0.05) is 28.1 Å². The zero-order valence-electron chi connectivity index (χ0n) is 9.06. The predicted octanol–water partition coefficient (Wildman–Crippen LogP) is 4.30. The van der Waals surface area contributed by atoms with Gasteiger partial charge >= 0.3 is 6.36 Å². The fourth-order valence-electron chi connectivity index (χ4n) is 1.78. The van der Waals surface area contributed by atoms with E-state index < -0.39 is 6.36 Å². The van der Waals surface area contributed by atoms with Gasteiger partial charge in [-0.25, -0.2) is 0 Å². The van der Waals surface area contributed by atoms with Gasteiger partial charge in [0.2, 0.25) is 0 Å². The number of hydrogen-bond acceptors (Lipinski definition) is 1. The first-order valence-corrected chi connectivity index (χ1v) is 6.45. The average Bonchev–Trinajstić information content (AvgIpc) is 3.00. The molecule has 0 saturated heterocycles. The Morgan fingerprint density at radius 3 is 2.18 bits per heavy atom. The number of hydrogen-bond donors (Lipinski definition) is 0. The molecule has 1 fully saturated rings. The van der Waals surface area contributed by atoms with Crippen LogP contribution in [0.1, 0.15) is 18.4 Å². The molecule has 0 spiro atoms. The highest BCUT2D eigenvalue weighted by molar-refractivity contribution is 9.09. The molecule has 5 heteroatoms. The third kappa shape index (κ3) is 3.63. The standard InChI is InChI=1S/C12H12BrF3O/c13-8-11(5-6-11)7-9-1-3-10(4-2-9)17-12(14,15)16/h1-4H,5-8H2. The van der Waals surface area contributed by atoms with Crippen molar-refractivity contribution in [1.29, 1.82) is 0 Å². The topological polar surface area (TPSA) is 9.23 Å². The molecule has 1 saturated carbocycles. The van der Waals surface area contributed by atoms with Gasteiger partial charge in [0, 0.05) is 5.33 Å². The molecule has 1 aromatic rings. The fraction of sp³-hybridized carbons (Fsp3) is 0.500. The highest BCUT2D eigenvalue weighted by Gasteiger charge is 2.41. The minimum absolute atomic E-state index is 0.162. The van der Waals surface area contributed by atoms with Gasteiger partial charge in [-0.05, 0) is 42.4 Å². The SMILES string of the molecule is FC(F)(F)Oc1ccc(CC2(CBr)CC2)cc1. The zero-order valence-corrected chi connectivity index (χ0v) is 10.6. The molecule has 0 N–H and O–H groups in total. The third-order valence-electron chi connectivity index (χ3n) is 2.98. The monoisotopic (exact) mass is 308 g/mol. The molecule has 0 aromatic heterocycles. The Kier molecular flexibility index (Phi) is 3.39. The summed E-state index contributed by atoms with van der Waals surface area (Å²) in [6, 6.07) is 6.13. The lowest BCUT2D eigenvalue weighted by atomic mass is 9.99. The molecule has 0 aliphatic heterocycles. The van der Waals surface area contributed by atoms with E-state index in [2.05, 4.69) is 20.7 Å².